The Labute approximate surface area is 121 Å². The fourth-order valence-electron chi connectivity index (χ4n) is 2.18. The molecule has 20 heavy (non-hydrogen) atoms. The summed E-state index contributed by atoms with van der Waals surface area (Å²) in [6.07, 6.45) is 1.68. The Balaban J connectivity index is 1.89. The van der Waals surface area contributed by atoms with Crippen molar-refractivity contribution in [3.8, 4) is 0 Å². The number of hydrogen-bond donors (Lipinski definition) is 1. The molecule has 7 heteroatoms. The fourth-order valence-corrected chi connectivity index (χ4v) is 2.18. The molecular weight excluding hydrogens is 254 g/mol. The Hall–Kier alpha value is -1.47. The molecule has 1 N–H and O–H groups in total. The van der Waals surface area contributed by atoms with E-state index in [2.05, 4.69) is 56.2 Å². The zero-order valence-corrected chi connectivity index (χ0v) is 12.7. The van der Waals surface area contributed by atoms with Crippen LogP contribution in [0, 0.1) is 0 Å². The predicted octanol–water partition coefficient (Wildman–Crippen LogP) is -0.0130. The van der Waals surface area contributed by atoms with Crippen LogP contribution in [-0.4, -0.2) is 84.9 Å². The second-order valence-electron chi connectivity index (χ2n) is 5.29. The highest BCUT2D eigenvalue weighted by atomic mass is 15.4. The van der Waals surface area contributed by atoms with Gasteiger partial charge >= 0.3 is 0 Å². The monoisotopic (exact) mass is 279 g/mol. The van der Waals surface area contributed by atoms with Gasteiger partial charge in [0.05, 0.1) is 6.20 Å². The molecule has 1 aromatic rings. The van der Waals surface area contributed by atoms with Crippen LogP contribution in [0.3, 0.4) is 0 Å². The van der Waals surface area contributed by atoms with Crippen LogP contribution in [0.25, 0.3) is 0 Å². The maximum absolute atomic E-state index is 4.55. The van der Waals surface area contributed by atoms with E-state index in [1.165, 1.54) is 0 Å². The van der Waals surface area contributed by atoms with Crippen LogP contribution in [0.2, 0.25) is 0 Å². The zero-order valence-electron chi connectivity index (χ0n) is 12.7. The van der Waals surface area contributed by atoms with Crippen LogP contribution < -0.4 is 10.2 Å². The summed E-state index contributed by atoms with van der Waals surface area (Å²) in [5, 5.41) is 11.5. The SMILES string of the molecule is CCN1CCN(c2nncc(NCCN(C)C)n2)CC1. The molecule has 112 valence electrons. The molecule has 2 heterocycles. The second kappa shape index (κ2) is 7.35. The number of anilines is 2. The molecule has 1 fully saturated rings. The zero-order chi connectivity index (χ0) is 14.4. The summed E-state index contributed by atoms with van der Waals surface area (Å²) in [7, 11) is 4.11. The van der Waals surface area contributed by atoms with Crippen molar-refractivity contribution in [3.63, 3.8) is 0 Å². The van der Waals surface area contributed by atoms with E-state index in [1.54, 1.807) is 6.20 Å². The van der Waals surface area contributed by atoms with Crippen molar-refractivity contribution in [2.75, 3.05) is 70.1 Å². The lowest BCUT2D eigenvalue weighted by molar-refractivity contribution is 0.269. The summed E-state index contributed by atoms with van der Waals surface area (Å²) in [5.74, 6) is 1.53. The van der Waals surface area contributed by atoms with Crippen LogP contribution in [0.4, 0.5) is 11.8 Å². The van der Waals surface area contributed by atoms with Gasteiger partial charge in [-0.15, -0.1) is 5.10 Å². The lowest BCUT2D eigenvalue weighted by atomic mass is 10.3. The van der Waals surface area contributed by atoms with Crippen LogP contribution >= 0.6 is 0 Å². The lowest BCUT2D eigenvalue weighted by Gasteiger charge is -2.33. The molecule has 0 aliphatic carbocycles. The topological polar surface area (TPSA) is 60.4 Å². The van der Waals surface area contributed by atoms with Gasteiger partial charge in [0.2, 0.25) is 5.95 Å². The Bertz CT molecular complexity index is 401. The number of likely N-dealkylation sites (N-methyl/N-ethyl adjacent to an activating group) is 2. The third kappa shape index (κ3) is 4.28. The third-order valence-electron chi connectivity index (χ3n) is 3.52. The van der Waals surface area contributed by atoms with Crippen molar-refractivity contribution in [1.29, 1.82) is 0 Å². The van der Waals surface area contributed by atoms with Gasteiger partial charge in [0.1, 0.15) is 0 Å². The third-order valence-corrected chi connectivity index (χ3v) is 3.52. The van der Waals surface area contributed by atoms with Gasteiger partial charge in [0.15, 0.2) is 5.82 Å². The Morgan fingerprint density at radius 1 is 1.25 bits per heavy atom. The Morgan fingerprint density at radius 2 is 2.00 bits per heavy atom. The largest absolute Gasteiger partial charge is 0.367 e. The first-order valence-electron chi connectivity index (χ1n) is 7.24. The summed E-state index contributed by atoms with van der Waals surface area (Å²) in [5.41, 5.74) is 0. The quantitative estimate of drug-likeness (QED) is 0.785. The van der Waals surface area contributed by atoms with E-state index in [4.69, 9.17) is 0 Å². The molecule has 1 aromatic heterocycles. The summed E-state index contributed by atoms with van der Waals surface area (Å²) in [6.45, 7) is 9.20. The highest BCUT2D eigenvalue weighted by Crippen LogP contribution is 2.11. The van der Waals surface area contributed by atoms with Crippen LogP contribution in [0.1, 0.15) is 6.92 Å². The normalized spacial score (nSPS) is 16.7. The van der Waals surface area contributed by atoms with Gasteiger partial charge in [-0.1, -0.05) is 6.92 Å². The first-order chi connectivity index (χ1) is 9.69. The van der Waals surface area contributed by atoms with E-state index in [9.17, 15) is 0 Å². The molecule has 7 nitrogen and oxygen atoms in total. The van der Waals surface area contributed by atoms with E-state index in [0.717, 1.165) is 57.6 Å². The summed E-state index contributed by atoms with van der Waals surface area (Å²) in [4.78, 5) is 11.3. The van der Waals surface area contributed by atoms with Gasteiger partial charge in [-0.3, -0.25) is 0 Å². The number of rotatable bonds is 6. The van der Waals surface area contributed by atoms with Gasteiger partial charge in [-0.25, -0.2) is 0 Å². The van der Waals surface area contributed by atoms with Crippen LogP contribution in [-0.2, 0) is 0 Å². The molecule has 0 unspecified atom stereocenters. The van der Waals surface area contributed by atoms with Crippen molar-refractivity contribution in [3.05, 3.63) is 6.20 Å². The number of nitrogens with one attached hydrogen (secondary N) is 1. The van der Waals surface area contributed by atoms with Crippen molar-refractivity contribution in [1.82, 2.24) is 25.0 Å². The van der Waals surface area contributed by atoms with Gasteiger partial charge in [-0.2, -0.15) is 10.1 Å². The van der Waals surface area contributed by atoms with Crippen molar-refractivity contribution in [2.45, 2.75) is 6.92 Å². The molecule has 0 saturated carbocycles. The molecular formula is C13H25N7. The molecule has 0 aromatic carbocycles. The molecule has 0 atom stereocenters. The molecule has 1 saturated heterocycles. The fraction of sp³-hybridized carbons (Fsp3) is 0.769. The minimum atomic E-state index is 0.732. The standard InChI is InChI=1S/C13H25N7/c1-4-19-7-9-20(10-8-19)13-16-12(11-15-17-13)14-5-6-18(2)3/h11H,4-10H2,1-3H3,(H,14,16,17). The molecule has 0 radical (unpaired) electrons. The maximum Gasteiger partial charge on any atom is 0.247 e. The number of hydrogen-bond acceptors (Lipinski definition) is 7. The minimum absolute atomic E-state index is 0.732. The second-order valence-corrected chi connectivity index (χ2v) is 5.29. The first-order valence-corrected chi connectivity index (χ1v) is 7.24. The number of nitrogens with zero attached hydrogens (tertiary/aromatic N) is 6. The minimum Gasteiger partial charge on any atom is -0.367 e. The maximum atomic E-state index is 4.55. The average molecular weight is 279 g/mol. The highest BCUT2D eigenvalue weighted by molar-refractivity contribution is 5.39. The van der Waals surface area contributed by atoms with E-state index in [1.807, 2.05) is 0 Å². The smallest absolute Gasteiger partial charge is 0.247 e. The molecule has 1 aliphatic heterocycles. The van der Waals surface area contributed by atoms with Gasteiger partial charge in [-0.05, 0) is 20.6 Å². The Kier molecular flexibility index (Phi) is 5.49. The van der Waals surface area contributed by atoms with Crippen LogP contribution in [0.5, 0.6) is 0 Å². The van der Waals surface area contributed by atoms with Gasteiger partial charge < -0.3 is 20.0 Å². The number of piperazine rings is 1. The van der Waals surface area contributed by atoms with E-state index < -0.39 is 0 Å². The molecule has 0 bridgehead atoms. The van der Waals surface area contributed by atoms with E-state index in [-0.39, 0.29) is 0 Å². The summed E-state index contributed by atoms with van der Waals surface area (Å²) < 4.78 is 0. The summed E-state index contributed by atoms with van der Waals surface area (Å²) in [6, 6.07) is 0. The summed E-state index contributed by atoms with van der Waals surface area (Å²) >= 11 is 0. The van der Waals surface area contributed by atoms with E-state index in [0.29, 0.717) is 0 Å². The van der Waals surface area contributed by atoms with Crippen LogP contribution in [0.15, 0.2) is 6.20 Å². The van der Waals surface area contributed by atoms with Gasteiger partial charge in [0.25, 0.3) is 0 Å². The molecule has 0 spiro atoms. The first kappa shape index (κ1) is 14.9. The lowest BCUT2D eigenvalue weighted by Crippen LogP contribution is -2.46. The predicted molar refractivity (Wildman–Crippen MR) is 81.2 cm³/mol. The molecule has 1 aliphatic rings. The Morgan fingerprint density at radius 3 is 2.65 bits per heavy atom. The molecule has 0 amide bonds. The highest BCUT2D eigenvalue weighted by Gasteiger charge is 2.18. The van der Waals surface area contributed by atoms with Gasteiger partial charge in [0, 0.05) is 39.3 Å². The average Bonchev–Trinajstić information content (AvgIpc) is 2.47. The van der Waals surface area contributed by atoms with Crippen molar-refractivity contribution in [2.24, 2.45) is 0 Å². The van der Waals surface area contributed by atoms with E-state index >= 15 is 0 Å². The molecule has 2 rings (SSSR count). The number of aromatic nitrogens is 3. The van der Waals surface area contributed by atoms with Crippen molar-refractivity contribution < 1.29 is 0 Å². The van der Waals surface area contributed by atoms with Crippen molar-refractivity contribution >= 4 is 11.8 Å².